The topological polar surface area (TPSA) is 34.5 Å². The van der Waals surface area contributed by atoms with Gasteiger partial charge in [0, 0.05) is 49.1 Å². The van der Waals surface area contributed by atoms with Crippen LogP contribution in [0.1, 0.15) is 0 Å². The molecule has 3 heterocycles. The summed E-state index contributed by atoms with van der Waals surface area (Å²) in [7, 11) is 0. The number of fused-ring (bicyclic) bond motifs is 10. The molecule has 0 saturated heterocycles. The second-order valence-electron chi connectivity index (χ2n) is 14.4. The van der Waals surface area contributed by atoms with E-state index in [1.165, 1.54) is 16.3 Å². The Kier molecular flexibility index (Phi) is 6.60. The smallest absolute Gasteiger partial charge is 0.159 e. The molecule has 12 rings (SSSR count). The van der Waals surface area contributed by atoms with Crippen molar-refractivity contribution in [1.29, 1.82) is 0 Å². The fourth-order valence-corrected chi connectivity index (χ4v) is 8.99. The van der Waals surface area contributed by atoms with Crippen molar-refractivity contribution in [3.8, 4) is 16.8 Å². The summed E-state index contributed by atoms with van der Waals surface area (Å²) in [5.41, 5.74) is 12.3. The van der Waals surface area contributed by atoms with E-state index in [0.717, 1.165) is 94.0 Å². The van der Waals surface area contributed by atoms with E-state index in [9.17, 15) is 0 Å². The molecular weight excluding hydrogens is 685 g/mol. The van der Waals surface area contributed by atoms with Gasteiger partial charge in [0.2, 0.25) is 0 Å². The number of hydrogen-bond donors (Lipinski definition) is 0. The van der Waals surface area contributed by atoms with Gasteiger partial charge in [0.1, 0.15) is 16.7 Å². The minimum atomic E-state index is 0.847. The zero-order chi connectivity index (χ0) is 36.7. The van der Waals surface area contributed by atoms with E-state index in [1.807, 2.05) is 18.2 Å². The number of hydrogen-bond acceptors (Lipinski definition) is 3. The number of para-hydroxylation sites is 5. The Bertz CT molecular complexity index is 3500. The average molecular weight is 717 g/mol. The van der Waals surface area contributed by atoms with E-state index in [4.69, 9.17) is 8.83 Å². The van der Waals surface area contributed by atoms with Crippen molar-refractivity contribution < 1.29 is 8.83 Å². The first-order chi connectivity index (χ1) is 27.8. The summed E-state index contributed by atoms with van der Waals surface area (Å²) in [5.74, 6) is 0. The van der Waals surface area contributed by atoms with Crippen molar-refractivity contribution in [1.82, 2.24) is 4.57 Å². The third kappa shape index (κ3) is 4.47. The van der Waals surface area contributed by atoms with Crippen molar-refractivity contribution in [2.75, 3.05) is 4.90 Å². The lowest BCUT2D eigenvalue weighted by Gasteiger charge is -2.27. The van der Waals surface area contributed by atoms with Gasteiger partial charge in [-0.15, -0.1) is 0 Å². The second kappa shape index (κ2) is 12.0. The maximum atomic E-state index is 6.76. The third-order valence-electron chi connectivity index (χ3n) is 11.4. The van der Waals surface area contributed by atoms with Crippen LogP contribution in [0.5, 0.6) is 0 Å². The predicted molar refractivity (Wildman–Crippen MR) is 233 cm³/mol. The Balaban J connectivity index is 1.16. The van der Waals surface area contributed by atoms with Gasteiger partial charge in [-0.3, -0.25) is 0 Å². The zero-order valence-corrected chi connectivity index (χ0v) is 30.2. The molecule has 4 nitrogen and oxygen atoms in total. The zero-order valence-electron chi connectivity index (χ0n) is 30.2. The Morgan fingerprint density at radius 2 is 0.964 bits per heavy atom. The first-order valence-corrected chi connectivity index (χ1v) is 19.0. The highest BCUT2D eigenvalue weighted by Gasteiger charge is 2.24. The molecule has 12 aromatic rings. The van der Waals surface area contributed by atoms with Gasteiger partial charge in [0.15, 0.2) is 5.58 Å². The molecule has 0 aliphatic rings. The molecule has 0 atom stereocenters. The molecule has 56 heavy (non-hydrogen) atoms. The van der Waals surface area contributed by atoms with E-state index in [2.05, 4.69) is 185 Å². The maximum Gasteiger partial charge on any atom is 0.159 e. The van der Waals surface area contributed by atoms with E-state index in [1.54, 1.807) is 0 Å². The van der Waals surface area contributed by atoms with Crippen molar-refractivity contribution in [3.05, 3.63) is 194 Å². The molecule has 0 saturated carbocycles. The number of aromatic nitrogens is 1. The summed E-state index contributed by atoms with van der Waals surface area (Å²) >= 11 is 0. The SMILES string of the molecule is c1ccc(-n2c3ccccc3c3ccc(N(c4cccc5c(-c6cccc7oc8ccccc8c67)cccc45)c4cccc5c4oc4ccccc45)cc32)cc1. The first-order valence-electron chi connectivity index (χ1n) is 19.0. The van der Waals surface area contributed by atoms with Crippen LogP contribution < -0.4 is 4.90 Å². The largest absolute Gasteiger partial charge is 0.456 e. The lowest BCUT2D eigenvalue weighted by molar-refractivity contribution is 0.668. The fourth-order valence-electron chi connectivity index (χ4n) is 8.99. The highest BCUT2D eigenvalue weighted by Crippen LogP contribution is 2.47. The molecule has 0 amide bonds. The summed E-state index contributed by atoms with van der Waals surface area (Å²) in [5, 5.41) is 9.15. The van der Waals surface area contributed by atoms with Gasteiger partial charge in [-0.2, -0.15) is 0 Å². The van der Waals surface area contributed by atoms with Crippen LogP contribution in [-0.4, -0.2) is 4.57 Å². The summed E-state index contributed by atoms with van der Waals surface area (Å²) in [6.45, 7) is 0. The van der Waals surface area contributed by atoms with Crippen LogP contribution in [0.25, 0.3) is 93.3 Å². The molecule has 0 spiro atoms. The van der Waals surface area contributed by atoms with Crippen LogP contribution in [-0.2, 0) is 0 Å². The van der Waals surface area contributed by atoms with Crippen LogP contribution in [0, 0.1) is 0 Å². The lowest BCUT2D eigenvalue weighted by atomic mass is 9.93. The van der Waals surface area contributed by atoms with Gasteiger partial charge in [-0.1, -0.05) is 133 Å². The van der Waals surface area contributed by atoms with Crippen molar-refractivity contribution in [2.24, 2.45) is 0 Å². The molecule has 4 heteroatoms. The molecule has 0 aliphatic heterocycles. The Labute approximate surface area is 321 Å². The first kappa shape index (κ1) is 30.9. The summed E-state index contributed by atoms with van der Waals surface area (Å²) in [4.78, 5) is 2.39. The number of furan rings is 2. The van der Waals surface area contributed by atoms with Crippen molar-refractivity contribution >= 4 is 93.5 Å². The monoisotopic (exact) mass is 716 g/mol. The van der Waals surface area contributed by atoms with E-state index < -0.39 is 0 Å². The molecule has 9 aromatic carbocycles. The number of nitrogens with zero attached hydrogens (tertiary/aromatic N) is 2. The van der Waals surface area contributed by atoms with Gasteiger partial charge in [0.05, 0.1) is 22.4 Å². The van der Waals surface area contributed by atoms with Crippen molar-refractivity contribution in [2.45, 2.75) is 0 Å². The maximum absolute atomic E-state index is 6.76. The highest BCUT2D eigenvalue weighted by atomic mass is 16.3. The average Bonchev–Trinajstić information content (AvgIpc) is 3.94. The minimum Gasteiger partial charge on any atom is -0.456 e. The summed E-state index contributed by atoms with van der Waals surface area (Å²) in [6, 6.07) is 69.0. The van der Waals surface area contributed by atoms with Crippen LogP contribution >= 0.6 is 0 Å². The standard InChI is InChI=1S/C52H32N2O2/c1-2-14-33(15-3-1)53-44-24-7-4-16-38(44)39-31-30-34(32-47(39)53)54(46-26-12-23-42-40-17-5-8-27-48(40)56-52(42)46)45-25-11-20-35-36(19-10-21-37(35)45)41-22-13-29-50-51(41)43-18-6-9-28-49(43)55-50/h1-32H. The molecule has 0 N–H and O–H groups in total. The van der Waals surface area contributed by atoms with Crippen LogP contribution in [0.2, 0.25) is 0 Å². The lowest BCUT2D eigenvalue weighted by Crippen LogP contribution is -2.11. The van der Waals surface area contributed by atoms with Crippen LogP contribution in [0.3, 0.4) is 0 Å². The Hall–Kier alpha value is -7.56. The fraction of sp³-hybridized carbons (Fsp3) is 0. The van der Waals surface area contributed by atoms with E-state index in [-0.39, 0.29) is 0 Å². The molecular formula is C52H32N2O2. The quantitative estimate of drug-likeness (QED) is 0.178. The molecule has 0 radical (unpaired) electrons. The third-order valence-corrected chi connectivity index (χ3v) is 11.4. The molecule has 262 valence electrons. The van der Waals surface area contributed by atoms with Crippen molar-refractivity contribution in [3.63, 3.8) is 0 Å². The van der Waals surface area contributed by atoms with Gasteiger partial charge >= 0.3 is 0 Å². The normalized spacial score (nSPS) is 11.9. The van der Waals surface area contributed by atoms with Crippen LogP contribution in [0.15, 0.2) is 203 Å². The highest BCUT2D eigenvalue weighted by molar-refractivity contribution is 6.18. The molecule has 3 aromatic heterocycles. The van der Waals surface area contributed by atoms with E-state index >= 15 is 0 Å². The van der Waals surface area contributed by atoms with Crippen LogP contribution in [0.4, 0.5) is 17.1 Å². The second-order valence-corrected chi connectivity index (χ2v) is 14.4. The number of benzene rings is 9. The summed E-state index contributed by atoms with van der Waals surface area (Å²) in [6.07, 6.45) is 0. The van der Waals surface area contributed by atoms with E-state index in [0.29, 0.717) is 0 Å². The summed E-state index contributed by atoms with van der Waals surface area (Å²) < 4.78 is 15.5. The minimum absolute atomic E-state index is 0.847. The molecule has 0 fully saturated rings. The Morgan fingerprint density at radius 3 is 1.84 bits per heavy atom. The van der Waals surface area contributed by atoms with Gasteiger partial charge < -0.3 is 18.3 Å². The number of anilines is 3. The Morgan fingerprint density at radius 1 is 0.357 bits per heavy atom. The van der Waals surface area contributed by atoms with Gasteiger partial charge in [-0.05, 0) is 77.2 Å². The number of rotatable bonds is 5. The van der Waals surface area contributed by atoms with Gasteiger partial charge in [0.25, 0.3) is 0 Å². The molecule has 0 unspecified atom stereocenters. The molecule has 0 bridgehead atoms. The van der Waals surface area contributed by atoms with Gasteiger partial charge in [-0.25, -0.2) is 0 Å². The predicted octanol–water partition coefficient (Wildman–Crippen LogP) is 14.9. The molecule has 0 aliphatic carbocycles.